The first-order chi connectivity index (χ1) is 5.06. The molecule has 0 bridgehead atoms. The Morgan fingerprint density at radius 3 is 2.36 bits per heavy atom. The van der Waals surface area contributed by atoms with Crippen LogP contribution in [0.3, 0.4) is 0 Å². The fourth-order valence-electron chi connectivity index (χ4n) is 1.02. The number of allylic oxidation sites excluding steroid dienone is 1. The van der Waals surface area contributed by atoms with Crippen LogP contribution in [0.5, 0.6) is 0 Å². The van der Waals surface area contributed by atoms with Crippen LogP contribution >= 0.6 is 0 Å². The van der Waals surface area contributed by atoms with Crippen molar-refractivity contribution in [1.82, 2.24) is 0 Å². The summed E-state index contributed by atoms with van der Waals surface area (Å²) in [6, 6.07) is 0. The summed E-state index contributed by atoms with van der Waals surface area (Å²) >= 11 is 0. The van der Waals surface area contributed by atoms with Crippen LogP contribution in [0.2, 0.25) is 0 Å². The molecule has 64 valence electrons. The molecule has 0 heterocycles. The van der Waals surface area contributed by atoms with E-state index in [1.807, 2.05) is 6.92 Å². The standard InChI is InChI=1S/C10H19N/c1-6-9(4)7-10(5)11-8(2)3/h9H,2,6-7H2,1,3-5H3. The number of hydrogen-bond acceptors (Lipinski definition) is 1. The highest BCUT2D eigenvalue weighted by atomic mass is 14.7. The van der Waals surface area contributed by atoms with Crippen LogP contribution in [0.15, 0.2) is 17.3 Å². The van der Waals surface area contributed by atoms with Gasteiger partial charge in [0.25, 0.3) is 0 Å². The minimum Gasteiger partial charge on any atom is -0.263 e. The van der Waals surface area contributed by atoms with Crippen molar-refractivity contribution in [2.24, 2.45) is 10.9 Å². The third-order valence-electron chi connectivity index (χ3n) is 1.72. The van der Waals surface area contributed by atoms with Crippen molar-refractivity contribution < 1.29 is 0 Å². The van der Waals surface area contributed by atoms with Gasteiger partial charge in [0.05, 0.1) is 0 Å². The first-order valence-electron chi connectivity index (χ1n) is 4.26. The normalized spacial score (nSPS) is 14.7. The molecule has 0 amide bonds. The molecule has 1 heteroatoms. The summed E-state index contributed by atoms with van der Waals surface area (Å²) in [5.41, 5.74) is 2.11. The smallest absolute Gasteiger partial charge is 0.0300 e. The first kappa shape index (κ1) is 10.4. The summed E-state index contributed by atoms with van der Waals surface area (Å²) in [5.74, 6) is 0.748. The molecule has 0 aliphatic carbocycles. The predicted octanol–water partition coefficient (Wildman–Crippen LogP) is 3.42. The SMILES string of the molecule is C=C(C)N=C(C)CC(C)CC. The van der Waals surface area contributed by atoms with Gasteiger partial charge in [-0.25, -0.2) is 0 Å². The first-order valence-corrected chi connectivity index (χ1v) is 4.26. The molecule has 0 spiro atoms. The topological polar surface area (TPSA) is 12.4 Å². The molecular weight excluding hydrogens is 134 g/mol. The summed E-state index contributed by atoms with van der Waals surface area (Å²) in [5, 5.41) is 0. The molecule has 11 heavy (non-hydrogen) atoms. The molecule has 0 aliphatic heterocycles. The highest BCUT2D eigenvalue weighted by Gasteiger charge is 1.99. The minimum absolute atomic E-state index is 0.748. The Hall–Kier alpha value is -0.590. The van der Waals surface area contributed by atoms with E-state index in [2.05, 4.69) is 32.3 Å². The Kier molecular flexibility index (Phi) is 4.84. The molecule has 0 aromatic carbocycles. The van der Waals surface area contributed by atoms with E-state index in [1.54, 1.807) is 0 Å². The Morgan fingerprint density at radius 2 is 2.00 bits per heavy atom. The molecule has 0 aromatic heterocycles. The maximum atomic E-state index is 4.29. The maximum Gasteiger partial charge on any atom is 0.0300 e. The van der Waals surface area contributed by atoms with E-state index in [-0.39, 0.29) is 0 Å². The molecule has 0 rings (SSSR count). The van der Waals surface area contributed by atoms with Gasteiger partial charge in [-0.1, -0.05) is 26.8 Å². The van der Waals surface area contributed by atoms with Crippen molar-refractivity contribution in [1.29, 1.82) is 0 Å². The van der Waals surface area contributed by atoms with Crippen LogP contribution in [0.25, 0.3) is 0 Å². The summed E-state index contributed by atoms with van der Waals surface area (Å²) in [4.78, 5) is 4.29. The highest BCUT2D eigenvalue weighted by molar-refractivity contribution is 5.82. The molecule has 0 saturated heterocycles. The highest BCUT2D eigenvalue weighted by Crippen LogP contribution is 2.08. The number of rotatable bonds is 4. The van der Waals surface area contributed by atoms with Crippen molar-refractivity contribution in [3.05, 3.63) is 12.3 Å². The largest absolute Gasteiger partial charge is 0.263 e. The molecule has 1 unspecified atom stereocenters. The molecule has 0 aliphatic rings. The average molecular weight is 153 g/mol. The second-order valence-electron chi connectivity index (χ2n) is 3.30. The van der Waals surface area contributed by atoms with Gasteiger partial charge in [-0.05, 0) is 26.2 Å². The summed E-state index contributed by atoms with van der Waals surface area (Å²) in [6.07, 6.45) is 2.33. The van der Waals surface area contributed by atoms with E-state index in [4.69, 9.17) is 0 Å². The van der Waals surface area contributed by atoms with E-state index in [0.717, 1.165) is 18.0 Å². The molecule has 0 aromatic rings. The van der Waals surface area contributed by atoms with Gasteiger partial charge in [0.1, 0.15) is 0 Å². The number of nitrogens with zero attached hydrogens (tertiary/aromatic N) is 1. The van der Waals surface area contributed by atoms with E-state index < -0.39 is 0 Å². The average Bonchev–Trinajstić information content (AvgIpc) is 1.85. The van der Waals surface area contributed by atoms with Crippen molar-refractivity contribution in [2.75, 3.05) is 0 Å². The second-order valence-corrected chi connectivity index (χ2v) is 3.30. The molecular formula is C10H19N. The van der Waals surface area contributed by atoms with E-state index in [1.165, 1.54) is 12.1 Å². The van der Waals surface area contributed by atoms with Crippen molar-refractivity contribution >= 4 is 5.71 Å². The second kappa shape index (κ2) is 5.11. The van der Waals surface area contributed by atoms with Crippen LogP contribution in [0.4, 0.5) is 0 Å². The van der Waals surface area contributed by atoms with Gasteiger partial charge < -0.3 is 0 Å². The number of aliphatic imine (C=N–C) groups is 1. The van der Waals surface area contributed by atoms with Gasteiger partial charge in [0.15, 0.2) is 0 Å². The zero-order chi connectivity index (χ0) is 8.85. The lowest BCUT2D eigenvalue weighted by Gasteiger charge is -2.06. The van der Waals surface area contributed by atoms with Gasteiger partial charge in [0, 0.05) is 11.4 Å². The molecule has 0 fully saturated rings. The van der Waals surface area contributed by atoms with Gasteiger partial charge in [0.2, 0.25) is 0 Å². The van der Waals surface area contributed by atoms with Crippen LogP contribution in [0, 0.1) is 5.92 Å². The van der Waals surface area contributed by atoms with Crippen LogP contribution in [-0.2, 0) is 0 Å². The minimum atomic E-state index is 0.748. The fraction of sp³-hybridized carbons (Fsp3) is 0.700. The number of hydrogen-bond donors (Lipinski definition) is 0. The molecule has 0 N–H and O–H groups in total. The monoisotopic (exact) mass is 153 g/mol. The van der Waals surface area contributed by atoms with Crippen LogP contribution in [0.1, 0.15) is 40.5 Å². The van der Waals surface area contributed by atoms with Crippen LogP contribution in [-0.4, -0.2) is 5.71 Å². The van der Waals surface area contributed by atoms with Gasteiger partial charge in [-0.2, -0.15) is 0 Å². The van der Waals surface area contributed by atoms with Crippen molar-refractivity contribution in [3.8, 4) is 0 Å². The molecule has 0 saturated carbocycles. The quantitative estimate of drug-likeness (QED) is 0.549. The lowest BCUT2D eigenvalue weighted by atomic mass is 10.0. The van der Waals surface area contributed by atoms with E-state index in [9.17, 15) is 0 Å². The lowest BCUT2D eigenvalue weighted by Crippen LogP contribution is -2.00. The molecule has 1 nitrogen and oxygen atoms in total. The van der Waals surface area contributed by atoms with Crippen molar-refractivity contribution in [2.45, 2.75) is 40.5 Å². The Bertz CT molecular complexity index is 156. The summed E-state index contributed by atoms with van der Waals surface area (Å²) in [6.45, 7) is 12.2. The summed E-state index contributed by atoms with van der Waals surface area (Å²) in [7, 11) is 0. The predicted molar refractivity (Wildman–Crippen MR) is 52.0 cm³/mol. The Balaban J connectivity index is 3.85. The zero-order valence-corrected chi connectivity index (χ0v) is 8.15. The third-order valence-corrected chi connectivity index (χ3v) is 1.72. The Labute approximate surface area is 70.2 Å². The lowest BCUT2D eigenvalue weighted by molar-refractivity contribution is 0.586. The maximum absolute atomic E-state index is 4.29. The van der Waals surface area contributed by atoms with Gasteiger partial charge in [-0.15, -0.1) is 0 Å². The van der Waals surface area contributed by atoms with Crippen LogP contribution < -0.4 is 0 Å². The van der Waals surface area contributed by atoms with Gasteiger partial charge >= 0.3 is 0 Å². The Morgan fingerprint density at radius 1 is 1.45 bits per heavy atom. The van der Waals surface area contributed by atoms with Gasteiger partial charge in [-0.3, -0.25) is 4.99 Å². The molecule has 1 atom stereocenters. The van der Waals surface area contributed by atoms with Crippen molar-refractivity contribution in [3.63, 3.8) is 0 Å². The van der Waals surface area contributed by atoms with E-state index in [0.29, 0.717) is 0 Å². The zero-order valence-electron chi connectivity index (χ0n) is 8.15. The fourth-order valence-corrected chi connectivity index (χ4v) is 1.02. The third kappa shape index (κ3) is 5.84. The summed E-state index contributed by atoms with van der Waals surface area (Å²) < 4.78 is 0. The molecule has 0 radical (unpaired) electrons. The van der Waals surface area contributed by atoms with E-state index >= 15 is 0 Å².